The molecule has 0 spiro atoms. The van der Waals surface area contributed by atoms with Crippen LogP contribution in [0.2, 0.25) is 0 Å². The van der Waals surface area contributed by atoms with Gasteiger partial charge in [-0.3, -0.25) is 15.0 Å². The highest BCUT2D eigenvalue weighted by atomic mass is 32.1. The first kappa shape index (κ1) is 21.8. The van der Waals surface area contributed by atoms with Crippen LogP contribution in [0.3, 0.4) is 0 Å². The van der Waals surface area contributed by atoms with Gasteiger partial charge in [-0.2, -0.15) is 4.68 Å². The van der Waals surface area contributed by atoms with Crippen molar-refractivity contribution in [3.63, 3.8) is 0 Å². The smallest absolute Gasteiger partial charge is 0.282 e. The number of carbonyl (C=O) groups is 1. The summed E-state index contributed by atoms with van der Waals surface area (Å²) in [5.74, 6) is -2.73. The molecule has 2 heterocycles. The van der Waals surface area contributed by atoms with Crippen LogP contribution in [-0.2, 0) is 4.79 Å². The van der Waals surface area contributed by atoms with Gasteiger partial charge in [0.1, 0.15) is 10.6 Å². The molecule has 6 nitrogen and oxygen atoms in total. The average molecular weight is 474 g/mol. The molecule has 0 unspecified atom stereocenters. The summed E-state index contributed by atoms with van der Waals surface area (Å²) < 4.78 is 33.1. The zero-order chi connectivity index (χ0) is 23.0. The van der Waals surface area contributed by atoms with E-state index in [2.05, 4.69) is 10.4 Å². The molecule has 0 aliphatic rings. The van der Waals surface area contributed by atoms with Gasteiger partial charge in [0.05, 0.1) is 5.39 Å². The van der Waals surface area contributed by atoms with Gasteiger partial charge in [-0.25, -0.2) is 8.78 Å². The van der Waals surface area contributed by atoms with Crippen molar-refractivity contribution < 1.29 is 18.3 Å². The van der Waals surface area contributed by atoms with Crippen LogP contribution in [0.4, 0.5) is 8.78 Å². The Morgan fingerprint density at radius 3 is 2.62 bits per heavy atom. The van der Waals surface area contributed by atoms with Gasteiger partial charge in [0.15, 0.2) is 17.7 Å². The van der Waals surface area contributed by atoms with E-state index in [4.69, 9.17) is 17.0 Å². The van der Waals surface area contributed by atoms with E-state index in [9.17, 15) is 18.4 Å². The standard InChI is InChI=1S/C22H17F2N3O3S2/c1-11(30-16-9-8-14(23)10-15(16)24)19(28)26-27-21(29)18-17(13-6-4-3-5-7-13)12(2)32-20(18)25-22(27)31/h3-11H,1-2H3,(H,25,31)(H,26,28)/t11-/m0/s1. The predicted molar refractivity (Wildman–Crippen MR) is 122 cm³/mol. The highest BCUT2D eigenvalue weighted by molar-refractivity contribution is 7.71. The summed E-state index contributed by atoms with van der Waals surface area (Å²) in [7, 11) is 0. The number of amides is 1. The average Bonchev–Trinajstić information content (AvgIpc) is 3.09. The number of aromatic nitrogens is 2. The molecule has 0 saturated heterocycles. The second kappa shape index (κ2) is 8.64. The third kappa shape index (κ3) is 4.06. The molecule has 0 bridgehead atoms. The molecule has 0 radical (unpaired) electrons. The fraction of sp³-hybridized carbons (Fsp3) is 0.136. The summed E-state index contributed by atoms with van der Waals surface area (Å²) in [5, 5.41) is 0.394. The van der Waals surface area contributed by atoms with Gasteiger partial charge in [-0.1, -0.05) is 30.3 Å². The highest BCUT2D eigenvalue weighted by Gasteiger charge is 2.21. The molecule has 2 aromatic carbocycles. The minimum absolute atomic E-state index is 0.00289. The van der Waals surface area contributed by atoms with Gasteiger partial charge in [-0.05, 0) is 43.8 Å². The van der Waals surface area contributed by atoms with Crippen LogP contribution >= 0.6 is 23.6 Å². The molecule has 0 aliphatic heterocycles. The van der Waals surface area contributed by atoms with E-state index in [1.54, 1.807) is 0 Å². The lowest BCUT2D eigenvalue weighted by Crippen LogP contribution is -2.40. The zero-order valence-electron chi connectivity index (χ0n) is 16.9. The Bertz CT molecular complexity index is 1440. The van der Waals surface area contributed by atoms with Crippen LogP contribution in [0.25, 0.3) is 21.3 Å². The number of thiophene rings is 1. The number of hydrogen-bond acceptors (Lipinski definition) is 5. The number of aryl methyl sites for hydroxylation is 1. The maximum absolute atomic E-state index is 13.8. The molecular weight excluding hydrogens is 456 g/mol. The summed E-state index contributed by atoms with van der Waals surface area (Å²) >= 11 is 6.66. The summed E-state index contributed by atoms with van der Waals surface area (Å²) in [6.07, 6.45) is -1.19. The molecule has 1 atom stereocenters. The SMILES string of the molecule is Cc1sc2[nH]c(=S)n(NC(=O)[C@H](C)Oc3ccc(F)cc3F)c(=O)c2c1-c1ccccc1. The predicted octanol–water partition coefficient (Wildman–Crippen LogP) is 4.91. The Hall–Kier alpha value is -3.37. The molecular formula is C22H17F2N3O3S2. The van der Waals surface area contributed by atoms with E-state index < -0.39 is 29.2 Å². The monoisotopic (exact) mass is 473 g/mol. The summed E-state index contributed by atoms with van der Waals surface area (Å²) in [6.45, 7) is 3.28. The minimum atomic E-state index is -1.19. The Balaban J connectivity index is 1.69. The van der Waals surface area contributed by atoms with Crippen molar-refractivity contribution in [2.45, 2.75) is 20.0 Å². The third-order valence-electron chi connectivity index (χ3n) is 4.78. The molecule has 0 saturated carbocycles. The van der Waals surface area contributed by atoms with Gasteiger partial charge in [0.25, 0.3) is 11.5 Å². The number of rotatable bonds is 5. The normalized spacial score (nSPS) is 12.0. The second-order valence-electron chi connectivity index (χ2n) is 6.98. The molecule has 164 valence electrons. The van der Waals surface area contributed by atoms with E-state index >= 15 is 0 Å². The van der Waals surface area contributed by atoms with Crippen LogP contribution in [-0.4, -0.2) is 21.7 Å². The number of halogens is 2. The van der Waals surface area contributed by atoms with E-state index in [0.717, 1.165) is 32.8 Å². The molecule has 1 amide bonds. The van der Waals surface area contributed by atoms with Crippen LogP contribution in [0.15, 0.2) is 53.3 Å². The van der Waals surface area contributed by atoms with Gasteiger partial charge in [0, 0.05) is 16.5 Å². The molecule has 0 fully saturated rings. The lowest BCUT2D eigenvalue weighted by molar-refractivity contribution is -0.123. The summed E-state index contributed by atoms with van der Waals surface area (Å²) in [4.78, 5) is 30.4. The van der Waals surface area contributed by atoms with Gasteiger partial charge in [-0.15, -0.1) is 11.3 Å². The molecule has 32 heavy (non-hydrogen) atoms. The van der Waals surface area contributed by atoms with E-state index in [0.29, 0.717) is 16.3 Å². The van der Waals surface area contributed by atoms with Crippen LogP contribution in [0, 0.1) is 23.3 Å². The van der Waals surface area contributed by atoms with Crippen LogP contribution < -0.4 is 15.7 Å². The van der Waals surface area contributed by atoms with Crippen molar-refractivity contribution in [2.24, 2.45) is 0 Å². The number of benzene rings is 2. The Morgan fingerprint density at radius 2 is 1.94 bits per heavy atom. The van der Waals surface area contributed by atoms with Crippen molar-refractivity contribution in [2.75, 3.05) is 5.43 Å². The number of nitrogens with zero attached hydrogens (tertiary/aromatic N) is 1. The molecule has 2 aromatic heterocycles. The fourth-order valence-corrected chi connectivity index (χ4v) is 4.63. The maximum Gasteiger partial charge on any atom is 0.282 e. The van der Waals surface area contributed by atoms with Crippen molar-refractivity contribution in [1.29, 1.82) is 0 Å². The zero-order valence-corrected chi connectivity index (χ0v) is 18.6. The molecule has 4 rings (SSSR count). The number of hydrogen-bond donors (Lipinski definition) is 2. The molecule has 0 aliphatic carbocycles. The molecule has 4 aromatic rings. The third-order valence-corrected chi connectivity index (χ3v) is 6.08. The van der Waals surface area contributed by atoms with E-state index in [1.807, 2.05) is 37.3 Å². The number of carbonyl (C=O) groups excluding carboxylic acids is 1. The minimum Gasteiger partial charge on any atom is -0.478 e. The first-order valence-corrected chi connectivity index (χ1v) is 10.7. The summed E-state index contributed by atoms with van der Waals surface area (Å²) in [6, 6.07) is 12.2. The lowest BCUT2D eigenvalue weighted by Gasteiger charge is -2.16. The lowest BCUT2D eigenvalue weighted by atomic mass is 10.0. The van der Waals surface area contributed by atoms with E-state index in [1.165, 1.54) is 18.3 Å². The fourth-order valence-electron chi connectivity index (χ4n) is 3.26. The van der Waals surface area contributed by atoms with Crippen LogP contribution in [0.1, 0.15) is 11.8 Å². The van der Waals surface area contributed by atoms with Crippen molar-refractivity contribution >= 4 is 39.7 Å². The number of aromatic amines is 1. The number of ether oxygens (including phenoxy) is 1. The first-order chi connectivity index (χ1) is 15.3. The highest BCUT2D eigenvalue weighted by Crippen LogP contribution is 2.35. The van der Waals surface area contributed by atoms with Crippen molar-refractivity contribution in [1.82, 2.24) is 9.66 Å². The Labute approximate surface area is 190 Å². The first-order valence-electron chi connectivity index (χ1n) is 9.52. The van der Waals surface area contributed by atoms with Gasteiger partial charge in [0.2, 0.25) is 4.77 Å². The number of nitrogens with one attached hydrogen (secondary N) is 2. The van der Waals surface area contributed by atoms with Gasteiger partial charge < -0.3 is 9.72 Å². The number of fused-ring (bicyclic) bond motifs is 1. The second-order valence-corrected chi connectivity index (χ2v) is 8.60. The van der Waals surface area contributed by atoms with Gasteiger partial charge >= 0.3 is 0 Å². The molecule has 10 heteroatoms. The number of H-pyrrole nitrogens is 1. The Kier molecular flexibility index (Phi) is 5.90. The van der Waals surface area contributed by atoms with E-state index in [-0.39, 0.29) is 10.5 Å². The maximum atomic E-state index is 13.8. The van der Waals surface area contributed by atoms with Crippen LogP contribution in [0.5, 0.6) is 5.75 Å². The largest absolute Gasteiger partial charge is 0.478 e. The van der Waals surface area contributed by atoms with Crippen molar-refractivity contribution in [3.05, 3.63) is 80.2 Å². The molecule has 2 N–H and O–H groups in total. The quantitative estimate of drug-likeness (QED) is 0.404. The van der Waals surface area contributed by atoms with Crippen molar-refractivity contribution in [3.8, 4) is 16.9 Å². The Morgan fingerprint density at radius 1 is 1.22 bits per heavy atom. The summed E-state index contributed by atoms with van der Waals surface area (Å²) in [5.41, 5.74) is 3.54. The topological polar surface area (TPSA) is 76.1 Å².